The third-order valence-corrected chi connectivity index (χ3v) is 5.62. The van der Waals surface area contributed by atoms with E-state index in [4.69, 9.17) is 4.98 Å². The zero-order valence-electron chi connectivity index (χ0n) is 17.1. The Hall–Kier alpha value is -2.62. The van der Waals surface area contributed by atoms with Crippen LogP contribution in [-0.4, -0.2) is 19.5 Å². The van der Waals surface area contributed by atoms with Crippen LogP contribution in [0.4, 0.5) is 0 Å². The fourth-order valence-corrected chi connectivity index (χ4v) is 4.10. The molecule has 4 aromatic rings. The van der Waals surface area contributed by atoms with E-state index in [1.54, 1.807) is 0 Å². The number of nitrogens with zero attached hydrogens (tertiary/aromatic N) is 3. The van der Waals surface area contributed by atoms with E-state index in [0.717, 1.165) is 17.6 Å². The van der Waals surface area contributed by atoms with Crippen LogP contribution in [0.15, 0.2) is 43.0 Å². The molecule has 0 unspecified atom stereocenters. The van der Waals surface area contributed by atoms with Crippen LogP contribution in [0.5, 0.6) is 0 Å². The third kappa shape index (κ3) is 2.93. The average molecular weight is 361 g/mol. The van der Waals surface area contributed by atoms with Gasteiger partial charge in [-0.2, -0.15) is 0 Å². The van der Waals surface area contributed by atoms with Gasteiger partial charge in [-0.05, 0) is 35.6 Å². The Bertz CT molecular complexity index is 1120. The van der Waals surface area contributed by atoms with Crippen molar-refractivity contribution in [3.05, 3.63) is 59.9 Å². The van der Waals surface area contributed by atoms with E-state index in [9.17, 15) is 0 Å². The summed E-state index contributed by atoms with van der Waals surface area (Å²) < 4.78 is 2.29. The average Bonchev–Trinajstić information content (AvgIpc) is 3.18. The molecule has 4 heteroatoms. The molecule has 0 atom stereocenters. The van der Waals surface area contributed by atoms with Crippen LogP contribution < -0.4 is 0 Å². The lowest BCUT2D eigenvalue weighted by Gasteiger charge is -2.25. The first-order chi connectivity index (χ1) is 12.7. The molecule has 0 amide bonds. The van der Waals surface area contributed by atoms with Gasteiger partial charge in [0.25, 0.3) is 0 Å². The van der Waals surface area contributed by atoms with Crippen molar-refractivity contribution in [3.63, 3.8) is 0 Å². The summed E-state index contributed by atoms with van der Waals surface area (Å²) in [6.45, 7) is 11.3. The molecular formula is C23H28N4. The first-order valence-corrected chi connectivity index (χ1v) is 9.54. The topological polar surface area (TPSA) is 46.5 Å². The number of aromatic nitrogens is 4. The van der Waals surface area contributed by atoms with E-state index in [2.05, 4.69) is 74.4 Å². The van der Waals surface area contributed by atoms with Gasteiger partial charge in [0.15, 0.2) is 0 Å². The number of nitrogens with one attached hydrogen (secondary N) is 1. The van der Waals surface area contributed by atoms with Crippen LogP contribution in [-0.2, 0) is 24.3 Å². The first-order valence-electron chi connectivity index (χ1n) is 9.54. The highest BCUT2D eigenvalue weighted by molar-refractivity contribution is 5.85. The van der Waals surface area contributed by atoms with Gasteiger partial charge >= 0.3 is 0 Å². The van der Waals surface area contributed by atoms with Gasteiger partial charge < -0.3 is 9.55 Å². The summed E-state index contributed by atoms with van der Waals surface area (Å²) in [5, 5.41) is 2.51. The minimum Gasteiger partial charge on any atom is -0.360 e. The third-order valence-electron chi connectivity index (χ3n) is 5.62. The van der Waals surface area contributed by atoms with Crippen molar-refractivity contribution in [2.45, 2.75) is 51.9 Å². The molecule has 4 rings (SSSR count). The van der Waals surface area contributed by atoms with E-state index in [1.807, 2.05) is 24.8 Å². The number of hydrogen-bond donors (Lipinski definition) is 1. The van der Waals surface area contributed by atoms with Crippen molar-refractivity contribution >= 4 is 21.8 Å². The number of pyridine rings is 2. The molecule has 4 nitrogen and oxygen atoms in total. The first kappa shape index (κ1) is 17.8. The van der Waals surface area contributed by atoms with Crippen molar-refractivity contribution in [3.8, 4) is 0 Å². The van der Waals surface area contributed by atoms with Gasteiger partial charge in [-0.1, -0.05) is 34.6 Å². The Labute approximate surface area is 160 Å². The van der Waals surface area contributed by atoms with Gasteiger partial charge in [-0.15, -0.1) is 0 Å². The van der Waals surface area contributed by atoms with Crippen LogP contribution in [0.1, 0.15) is 51.6 Å². The van der Waals surface area contributed by atoms with E-state index in [1.165, 1.54) is 27.5 Å². The quantitative estimate of drug-likeness (QED) is 0.541. The van der Waals surface area contributed by atoms with Crippen LogP contribution in [0, 0.1) is 0 Å². The number of rotatable bonds is 3. The lowest BCUT2D eigenvalue weighted by molar-refractivity contribution is 0.496. The van der Waals surface area contributed by atoms with Gasteiger partial charge in [0.2, 0.25) is 0 Å². The summed E-state index contributed by atoms with van der Waals surface area (Å²) in [5.74, 6) is 0. The van der Waals surface area contributed by atoms with Gasteiger partial charge in [0.05, 0.1) is 22.9 Å². The predicted octanol–water partition coefficient (Wildman–Crippen LogP) is 5.27. The second-order valence-corrected chi connectivity index (χ2v) is 9.23. The van der Waals surface area contributed by atoms with E-state index >= 15 is 0 Å². The largest absolute Gasteiger partial charge is 0.360 e. The molecule has 0 aliphatic carbocycles. The lowest BCUT2D eigenvalue weighted by Crippen LogP contribution is -2.23. The van der Waals surface area contributed by atoms with Crippen molar-refractivity contribution in [2.24, 2.45) is 7.05 Å². The molecule has 0 spiro atoms. The van der Waals surface area contributed by atoms with E-state index in [-0.39, 0.29) is 10.8 Å². The molecular weight excluding hydrogens is 332 g/mol. The second kappa shape index (κ2) is 5.95. The second-order valence-electron chi connectivity index (χ2n) is 9.23. The summed E-state index contributed by atoms with van der Waals surface area (Å²) in [7, 11) is 2.14. The Morgan fingerprint density at radius 1 is 1.07 bits per heavy atom. The highest BCUT2D eigenvalue weighted by Gasteiger charge is 2.28. The molecule has 0 aliphatic rings. The highest BCUT2D eigenvalue weighted by atomic mass is 15.0. The fourth-order valence-electron chi connectivity index (χ4n) is 4.10. The predicted molar refractivity (Wildman–Crippen MR) is 112 cm³/mol. The number of fused-ring (bicyclic) bond motifs is 2. The fraction of sp³-hybridized carbons (Fsp3) is 0.391. The Kier molecular flexibility index (Phi) is 3.91. The van der Waals surface area contributed by atoms with Crippen molar-refractivity contribution in [2.75, 3.05) is 0 Å². The molecule has 4 aromatic heterocycles. The van der Waals surface area contributed by atoms with Gasteiger partial charge in [0.1, 0.15) is 0 Å². The zero-order valence-corrected chi connectivity index (χ0v) is 17.1. The molecule has 0 saturated heterocycles. The highest BCUT2D eigenvalue weighted by Crippen LogP contribution is 2.35. The number of aromatic amines is 1. The summed E-state index contributed by atoms with van der Waals surface area (Å²) in [5.41, 5.74) is 6.02. The molecule has 0 saturated carbocycles. The minimum absolute atomic E-state index is 0.0675. The molecule has 0 aromatic carbocycles. The normalized spacial score (nSPS) is 13.0. The smallest absolute Gasteiger partial charge is 0.0704 e. The van der Waals surface area contributed by atoms with Crippen LogP contribution in [0.25, 0.3) is 21.8 Å². The summed E-state index contributed by atoms with van der Waals surface area (Å²) in [6, 6.07) is 6.51. The Morgan fingerprint density at radius 2 is 1.85 bits per heavy atom. The SMILES string of the molecule is Cn1c(CC(C)(C)c2nccc3cc[nH]c23)cc2c(C(C)(C)C)cncc21. The molecule has 27 heavy (non-hydrogen) atoms. The molecule has 4 heterocycles. The minimum atomic E-state index is -0.0954. The van der Waals surface area contributed by atoms with E-state index in [0.29, 0.717) is 0 Å². The van der Waals surface area contributed by atoms with Gasteiger partial charge in [-0.25, -0.2) is 0 Å². The van der Waals surface area contributed by atoms with Crippen LogP contribution in [0.2, 0.25) is 0 Å². The monoisotopic (exact) mass is 360 g/mol. The molecule has 0 bridgehead atoms. The number of H-pyrrole nitrogens is 1. The summed E-state index contributed by atoms with van der Waals surface area (Å²) in [6.07, 6.45) is 8.80. The molecule has 0 radical (unpaired) electrons. The molecule has 0 aliphatic heterocycles. The standard InChI is InChI=1S/C23H28N4/c1-22(2,3)18-13-24-14-19-17(18)11-16(27(19)6)12-23(4,5)21-20-15(7-9-25-20)8-10-26-21/h7-11,13-14,25H,12H2,1-6H3. The van der Waals surface area contributed by atoms with Crippen molar-refractivity contribution in [1.29, 1.82) is 0 Å². The maximum absolute atomic E-state index is 4.73. The Balaban J connectivity index is 1.81. The van der Waals surface area contributed by atoms with Gasteiger partial charge in [-0.3, -0.25) is 9.97 Å². The molecule has 140 valence electrons. The van der Waals surface area contributed by atoms with Crippen LogP contribution in [0.3, 0.4) is 0 Å². The maximum Gasteiger partial charge on any atom is 0.0704 e. The maximum atomic E-state index is 4.73. The lowest BCUT2D eigenvalue weighted by atomic mass is 9.82. The van der Waals surface area contributed by atoms with Crippen molar-refractivity contribution < 1.29 is 0 Å². The van der Waals surface area contributed by atoms with Gasteiger partial charge in [0, 0.05) is 47.5 Å². The van der Waals surface area contributed by atoms with Crippen LogP contribution >= 0.6 is 0 Å². The van der Waals surface area contributed by atoms with E-state index < -0.39 is 0 Å². The summed E-state index contributed by atoms with van der Waals surface area (Å²) >= 11 is 0. The number of aryl methyl sites for hydroxylation is 1. The molecule has 0 fully saturated rings. The number of hydrogen-bond acceptors (Lipinski definition) is 2. The summed E-state index contributed by atoms with van der Waals surface area (Å²) in [4.78, 5) is 12.6. The zero-order chi connectivity index (χ0) is 19.4. The van der Waals surface area contributed by atoms with Crippen molar-refractivity contribution in [1.82, 2.24) is 19.5 Å². The Morgan fingerprint density at radius 3 is 2.59 bits per heavy atom. The molecule has 1 N–H and O–H groups in total.